The third-order valence-electron chi connectivity index (χ3n) is 3.88. The van der Waals surface area contributed by atoms with Crippen molar-refractivity contribution in [3.05, 3.63) is 65.2 Å². The molecule has 0 amide bonds. The minimum Gasteiger partial charge on any atom is -0.493 e. The van der Waals surface area contributed by atoms with Crippen molar-refractivity contribution in [3.63, 3.8) is 0 Å². The number of hydrogen-bond donors (Lipinski definition) is 1. The Bertz CT molecular complexity index is 852. The van der Waals surface area contributed by atoms with E-state index in [0.29, 0.717) is 6.42 Å². The molecule has 0 bridgehead atoms. The minimum absolute atomic E-state index is 0.238. The molecule has 1 N–H and O–H groups in total. The number of aromatic nitrogens is 2. The molecule has 0 saturated heterocycles. The molecule has 26 heavy (non-hydrogen) atoms. The monoisotopic (exact) mass is 373 g/mol. The third-order valence-corrected chi connectivity index (χ3v) is 4.59. The Morgan fingerprint density at radius 3 is 2.46 bits per heavy atom. The molecule has 3 rings (SSSR count). The smallest absolute Gasteiger partial charge is 0.202 e. The van der Waals surface area contributed by atoms with Gasteiger partial charge in [0.05, 0.1) is 14.2 Å². The van der Waals surface area contributed by atoms with E-state index >= 15 is 0 Å². The number of rotatable bonds is 8. The van der Waals surface area contributed by atoms with Crippen LogP contribution in [0.15, 0.2) is 42.5 Å². The zero-order valence-corrected chi connectivity index (χ0v) is 15.5. The lowest BCUT2D eigenvalue weighted by Crippen LogP contribution is -2.05. The number of nitrogens with one attached hydrogen (secondary N) is 1. The second kappa shape index (κ2) is 8.62. The molecule has 0 aliphatic heterocycles. The summed E-state index contributed by atoms with van der Waals surface area (Å²) in [6.45, 7) is 0.737. The molecule has 136 valence electrons. The van der Waals surface area contributed by atoms with Crippen LogP contribution in [-0.2, 0) is 12.8 Å². The van der Waals surface area contributed by atoms with Gasteiger partial charge in [-0.3, -0.25) is 0 Å². The Labute approximate surface area is 156 Å². The van der Waals surface area contributed by atoms with Gasteiger partial charge in [-0.05, 0) is 41.8 Å². The van der Waals surface area contributed by atoms with E-state index in [0.717, 1.165) is 46.5 Å². The lowest BCUT2D eigenvalue weighted by atomic mass is 10.1. The van der Waals surface area contributed by atoms with Crippen molar-refractivity contribution in [3.8, 4) is 11.5 Å². The first kappa shape index (κ1) is 18.1. The van der Waals surface area contributed by atoms with Gasteiger partial charge in [-0.2, -0.15) is 4.37 Å². The third kappa shape index (κ3) is 4.70. The van der Waals surface area contributed by atoms with Crippen LogP contribution in [0.5, 0.6) is 11.5 Å². The molecule has 0 aliphatic rings. The molecule has 0 atom stereocenters. The lowest BCUT2D eigenvalue weighted by molar-refractivity contribution is 0.354. The van der Waals surface area contributed by atoms with Crippen LogP contribution >= 0.6 is 11.5 Å². The number of nitrogens with zero attached hydrogens (tertiary/aromatic N) is 2. The Hall–Kier alpha value is -2.67. The van der Waals surface area contributed by atoms with Crippen LogP contribution in [0.2, 0.25) is 0 Å². The molecule has 7 heteroatoms. The molecular formula is C19H20FN3O2S. The van der Waals surface area contributed by atoms with Crippen LogP contribution in [0, 0.1) is 5.82 Å². The van der Waals surface area contributed by atoms with Crippen LogP contribution in [0.3, 0.4) is 0 Å². The largest absolute Gasteiger partial charge is 0.493 e. The molecule has 0 spiro atoms. The van der Waals surface area contributed by atoms with Gasteiger partial charge in [0.2, 0.25) is 5.13 Å². The fraction of sp³-hybridized carbons (Fsp3) is 0.263. The summed E-state index contributed by atoms with van der Waals surface area (Å²) >= 11 is 1.33. The highest BCUT2D eigenvalue weighted by atomic mass is 32.1. The molecule has 0 fully saturated rings. The molecule has 0 radical (unpaired) electrons. The number of benzene rings is 2. The maximum Gasteiger partial charge on any atom is 0.202 e. The van der Waals surface area contributed by atoms with Crippen LogP contribution < -0.4 is 14.8 Å². The van der Waals surface area contributed by atoms with E-state index in [2.05, 4.69) is 14.7 Å². The number of ether oxygens (including phenoxy) is 2. The summed E-state index contributed by atoms with van der Waals surface area (Å²) in [5.41, 5.74) is 2.13. The van der Waals surface area contributed by atoms with E-state index in [9.17, 15) is 4.39 Å². The van der Waals surface area contributed by atoms with Crippen LogP contribution in [0.25, 0.3) is 0 Å². The molecule has 2 aromatic carbocycles. The van der Waals surface area contributed by atoms with Gasteiger partial charge in [0, 0.05) is 24.5 Å². The summed E-state index contributed by atoms with van der Waals surface area (Å²) < 4.78 is 27.9. The zero-order valence-electron chi connectivity index (χ0n) is 14.7. The molecule has 0 aliphatic carbocycles. The fourth-order valence-electron chi connectivity index (χ4n) is 2.53. The average molecular weight is 373 g/mol. The summed E-state index contributed by atoms with van der Waals surface area (Å²) in [5, 5.41) is 4.07. The van der Waals surface area contributed by atoms with Gasteiger partial charge in [-0.25, -0.2) is 9.37 Å². The Morgan fingerprint density at radius 1 is 1.00 bits per heavy atom. The highest BCUT2D eigenvalue weighted by molar-refractivity contribution is 7.09. The first-order chi connectivity index (χ1) is 12.7. The Morgan fingerprint density at radius 2 is 1.73 bits per heavy atom. The van der Waals surface area contributed by atoms with E-state index < -0.39 is 0 Å². The summed E-state index contributed by atoms with van der Waals surface area (Å²) in [5.74, 6) is 1.94. The standard InChI is InChI=1S/C19H20FN3O2S/c1-24-16-8-5-14(11-17(16)25-2)9-10-21-19-22-18(23-26-19)12-13-3-6-15(20)7-4-13/h3-8,11H,9-10,12H2,1-2H3,(H,21,22,23). The molecule has 5 nitrogen and oxygen atoms in total. The van der Waals surface area contributed by atoms with E-state index in [1.165, 1.54) is 23.7 Å². The number of hydrogen-bond acceptors (Lipinski definition) is 6. The first-order valence-corrected chi connectivity index (χ1v) is 8.97. The van der Waals surface area contributed by atoms with Crippen molar-refractivity contribution in [1.29, 1.82) is 0 Å². The minimum atomic E-state index is -0.238. The van der Waals surface area contributed by atoms with E-state index in [4.69, 9.17) is 9.47 Å². The predicted octanol–water partition coefficient (Wildman–Crippen LogP) is 3.94. The highest BCUT2D eigenvalue weighted by Gasteiger charge is 2.07. The Balaban J connectivity index is 1.52. The number of methoxy groups -OCH3 is 2. The first-order valence-electron chi connectivity index (χ1n) is 8.19. The molecule has 0 saturated carbocycles. The number of halogens is 1. The van der Waals surface area contributed by atoms with Crippen molar-refractivity contribution in [2.75, 3.05) is 26.1 Å². The maximum absolute atomic E-state index is 12.9. The fourth-order valence-corrected chi connectivity index (χ4v) is 3.14. The highest BCUT2D eigenvalue weighted by Crippen LogP contribution is 2.27. The Kier molecular flexibility index (Phi) is 6.01. The van der Waals surface area contributed by atoms with E-state index in [1.807, 2.05) is 18.2 Å². The van der Waals surface area contributed by atoms with E-state index in [1.54, 1.807) is 26.4 Å². The lowest BCUT2D eigenvalue weighted by Gasteiger charge is -2.09. The van der Waals surface area contributed by atoms with Crippen LogP contribution in [0.4, 0.5) is 9.52 Å². The number of anilines is 1. The molecule has 3 aromatic rings. The van der Waals surface area contributed by atoms with Crippen molar-refractivity contribution in [2.45, 2.75) is 12.8 Å². The van der Waals surface area contributed by atoms with E-state index in [-0.39, 0.29) is 5.82 Å². The normalized spacial score (nSPS) is 10.6. The van der Waals surface area contributed by atoms with Crippen molar-refractivity contribution in [2.24, 2.45) is 0 Å². The van der Waals surface area contributed by atoms with Gasteiger partial charge in [-0.15, -0.1) is 0 Å². The molecule has 1 heterocycles. The second-order valence-electron chi connectivity index (χ2n) is 5.69. The van der Waals surface area contributed by atoms with Crippen LogP contribution in [-0.4, -0.2) is 30.1 Å². The molecular weight excluding hydrogens is 353 g/mol. The van der Waals surface area contributed by atoms with Gasteiger partial charge in [0.25, 0.3) is 0 Å². The van der Waals surface area contributed by atoms with Gasteiger partial charge >= 0.3 is 0 Å². The quantitative estimate of drug-likeness (QED) is 0.648. The van der Waals surface area contributed by atoms with Crippen molar-refractivity contribution < 1.29 is 13.9 Å². The average Bonchev–Trinajstić information content (AvgIpc) is 3.10. The predicted molar refractivity (Wildman–Crippen MR) is 101 cm³/mol. The van der Waals surface area contributed by atoms with Gasteiger partial charge in [0.1, 0.15) is 11.6 Å². The van der Waals surface area contributed by atoms with Crippen LogP contribution in [0.1, 0.15) is 17.0 Å². The molecule has 1 aromatic heterocycles. The summed E-state index contributed by atoms with van der Waals surface area (Å²) in [7, 11) is 3.25. The second-order valence-corrected chi connectivity index (χ2v) is 6.44. The zero-order chi connectivity index (χ0) is 18.4. The van der Waals surface area contributed by atoms with Gasteiger partial charge in [-0.1, -0.05) is 18.2 Å². The van der Waals surface area contributed by atoms with Crippen molar-refractivity contribution in [1.82, 2.24) is 9.36 Å². The van der Waals surface area contributed by atoms with Gasteiger partial charge in [0.15, 0.2) is 11.5 Å². The summed E-state index contributed by atoms with van der Waals surface area (Å²) in [6.07, 6.45) is 1.42. The topological polar surface area (TPSA) is 56.3 Å². The van der Waals surface area contributed by atoms with Crippen molar-refractivity contribution >= 4 is 16.7 Å². The maximum atomic E-state index is 12.9. The summed E-state index contributed by atoms with van der Waals surface area (Å²) in [6, 6.07) is 12.3. The van der Waals surface area contributed by atoms with Gasteiger partial charge < -0.3 is 14.8 Å². The summed E-state index contributed by atoms with van der Waals surface area (Å²) in [4.78, 5) is 4.48. The SMILES string of the molecule is COc1ccc(CCNc2nc(Cc3ccc(F)cc3)ns2)cc1OC. The molecule has 0 unspecified atom stereocenters.